The fraction of sp³-hybridized carbons (Fsp3) is 0.417. The highest BCUT2D eigenvalue weighted by Gasteiger charge is 2.48. The maximum Gasteiger partial charge on any atom is 0.318 e. The van der Waals surface area contributed by atoms with E-state index in [1.54, 1.807) is 0 Å². The van der Waals surface area contributed by atoms with E-state index >= 15 is 0 Å². The Labute approximate surface area is 174 Å². The number of amides is 1. The highest BCUT2D eigenvalue weighted by Crippen LogP contribution is 2.34. The topological polar surface area (TPSA) is 35.4 Å². The molecule has 2 aromatic rings. The number of carbonyl (C=O) groups is 1. The minimum Gasteiger partial charge on any atom is -0.473 e. The molecule has 0 spiro atoms. The van der Waals surface area contributed by atoms with Crippen molar-refractivity contribution in [2.24, 2.45) is 0 Å². The Balaban J connectivity index is 2.00. The van der Waals surface area contributed by atoms with Gasteiger partial charge in [0.25, 0.3) is 0 Å². The molecule has 1 saturated heterocycles. The van der Waals surface area contributed by atoms with E-state index in [0.29, 0.717) is 12.3 Å². The van der Waals surface area contributed by atoms with Crippen LogP contribution in [0.15, 0.2) is 54.6 Å². The molecule has 4 rings (SSSR count). The van der Waals surface area contributed by atoms with E-state index in [9.17, 15) is 4.79 Å². The zero-order chi connectivity index (χ0) is 20.3. The molecule has 0 saturated carbocycles. The van der Waals surface area contributed by atoms with E-state index in [-0.39, 0.29) is 0 Å². The van der Waals surface area contributed by atoms with Crippen LogP contribution in [-0.2, 0) is 4.79 Å². The number of rotatable bonds is 5. The lowest BCUT2D eigenvalue weighted by Gasteiger charge is -2.52. The van der Waals surface area contributed by atoms with Crippen LogP contribution in [0.4, 0.5) is 11.4 Å². The van der Waals surface area contributed by atoms with Crippen molar-refractivity contribution >= 4 is 35.0 Å². The quantitative estimate of drug-likeness (QED) is 0.751. The number of benzene rings is 2. The summed E-state index contributed by atoms with van der Waals surface area (Å²) in [5.74, 6) is 1.41. The van der Waals surface area contributed by atoms with Crippen LogP contribution in [0.2, 0.25) is 6.32 Å². The summed E-state index contributed by atoms with van der Waals surface area (Å²) < 4.78 is 2.45. The van der Waals surface area contributed by atoms with Crippen molar-refractivity contribution in [2.45, 2.75) is 58.7 Å². The van der Waals surface area contributed by atoms with Gasteiger partial charge in [-0.15, -0.1) is 6.32 Å². The zero-order valence-corrected chi connectivity index (χ0v) is 17.7. The van der Waals surface area contributed by atoms with Gasteiger partial charge in [-0.1, -0.05) is 68.0 Å². The van der Waals surface area contributed by atoms with Crippen LogP contribution in [0.5, 0.6) is 0 Å². The molecule has 4 nitrogen and oxygen atoms in total. The van der Waals surface area contributed by atoms with Gasteiger partial charge >= 0.3 is 6.42 Å². The summed E-state index contributed by atoms with van der Waals surface area (Å²) in [6.07, 6.45) is 5.65. The Kier molecular flexibility index (Phi) is 5.75. The molecular weight excluding hydrogens is 357 g/mol. The maximum absolute atomic E-state index is 13.5. The van der Waals surface area contributed by atoms with E-state index in [1.807, 2.05) is 0 Å². The van der Waals surface area contributed by atoms with Crippen molar-refractivity contribution in [1.82, 2.24) is 4.81 Å². The van der Waals surface area contributed by atoms with Crippen LogP contribution in [0.3, 0.4) is 0 Å². The molecule has 2 aromatic carbocycles. The summed E-state index contributed by atoms with van der Waals surface area (Å²) in [6, 6.07) is 19.2. The summed E-state index contributed by atoms with van der Waals surface area (Å²) in [4.78, 5) is 15.7. The molecule has 0 aliphatic carbocycles. The fourth-order valence-corrected chi connectivity index (χ4v) is 5.45. The number of para-hydroxylation sites is 2. The van der Waals surface area contributed by atoms with Gasteiger partial charge in [-0.05, 0) is 37.6 Å². The van der Waals surface area contributed by atoms with Gasteiger partial charge in [0.1, 0.15) is 0 Å². The van der Waals surface area contributed by atoms with Crippen LogP contribution < -0.4 is 10.8 Å². The minimum absolute atomic E-state index is 0.309. The lowest BCUT2D eigenvalue weighted by atomic mass is 9.35. The smallest absolute Gasteiger partial charge is 0.318 e. The molecule has 2 aliphatic heterocycles. The SMILES string of the molecule is CCCC[B-]1(N2CCCCCC2=O)c2ccccc2NC(C)=[N+]1c1ccccc1. The first kappa shape index (κ1) is 19.7. The number of nitrogens with one attached hydrogen (secondary N) is 1. The monoisotopic (exact) mass is 389 g/mol. The zero-order valence-electron chi connectivity index (χ0n) is 17.7. The summed E-state index contributed by atoms with van der Waals surface area (Å²) in [5.41, 5.74) is 3.57. The first-order chi connectivity index (χ1) is 14.2. The van der Waals surface area contributed by atoms with Crippen molar-refractivity contribution in [1.29, 1.82) is 0 Å². The minimum atomic E-state index is -1.41. The van der Waals surface area contributed by atoms with Crippen LogP contribution in [0.25, 0.3) is 0 Å². The second-order valence-corrected chi connectivity index (χ2v) is 8.49. The Bertz CT molecular complexity index is 911. The van der Waals surface area contributed by atoms with Gasteiger partial charge in [-0.25, -0.2) is 0 Å². The van der Waals surface area contributed by atoms with E-state index in [2.05, 4.69) is 83.1 Å². The summed E-state index contributed by atoms with van der Waals surface area (Å²) in [7, 11) is 0. The van der Waals surface area contributed by atoms with Crippen LogP contribution in [0.1, 0.15) is 52.4 Å². The van der Waals surface area contributed by atoms with Gasteiger partial charge in [0.2, 0.25) is 5.84 Å². The van der Waals surface area contributed by atoms with Gasteiger partial charge in [0.05, 0.1) is 11.4 Å². The normalized spacial score (nSPS) is 22.1. The first-order valence-corrected chi connectivity index (χ1v) is 11.2. The maximum atomic E-state index is 13.5. The largest absolute Gasteiger partial charge is 0.473 e. The van der Waals surface area contributed by atoms with Crippen molar-refractivity contribution in [3.05, 3.63) is 54.6 Å². The summed E-state index contributed by atoms with van der Waals surface area (Å²) in [6.45, 7) is 5.23. The van der Waals surface area contributed by atoms with Gasteiger partial charge in [-0.2, -0.15) is 0 Å². The Morgan fingerprint density at radius 1 is 1.03 bits per heavy atom. The lowest BCUT2D eigenvalue weighted by Crippen LogP contribution is -2.73. The van der Waals surface area contributed by atoms with Crippen molar-refractivity contribution in [2.75, 3.05) is 11.9 Å². The Morgan fingerprint density at radius 2 is 1.79 bits per heavy atom. The number of unbranched alkanes of at least 4 members (excludes halogenated alkanes) is 1. The molecule has 1 atom stereocenters. The molecule has 1 N–H and O–H groups in total. The molecule has 2 aliphatic rings. The molecule has 1 amide bonds. The third-order valence-electron chi connectivity index (χ3n) is 6.68. The molecule has 29 heavy (non-hydrogen) atoms. The van der Waals surface area contributed by atoms with Crippen LogP contribution in [-0.4, -0.2) is 34.0 Å². The number of nitrogens with zero attached hydrogens (tertiary/aromatic N) is 2. The molecule has 0 bridgehead atoms. The molecule has 1 unspecified atom stereocenters. The Hall–Kier alpha value is -2.56. The molecule has 0 radical (unpaired) electrons. The third-order valence-corrected chi connectivity index (χ3v) is 6.68. The number of fused-ring (bicyclic) bond motifs is 1. The van der Waals surface area contributed by atoms with E-state index in [4.69, 9.17) is 0 Å². The number of carbonyl (C=O) groups excluding carboxylic acids is 1. The molecule has 0 aromatic heterocycles. The lowest BCUT2D eigenvalue weighted by molar-refractivity contribution is -0.309. The molecule has 2 heterocycles. The standard InChI is InChI=1S/C24H32BN3O/c1-3-4-18-25(27-19-12-6-9-17-24(27)29)22-15-10-11-16-23(22)26-20(2)28(25)21-13-7-5-8-14-21/h5,7-8,10-11,13-16,26H,3-4,6,9,12,17-19H2,1-2H3. The van der Waals surface area contributed by atoms with E-state index in [1.165, 1.54) is 5.46 Å². The molecule has 5 heteroatoms. The number of anilines is 1. The highest BCUT2D eigenvalue weighted by atomic mass is 16.2. The predicted molar refractivity (Wildman–Crippen MR) is 122 cm³/mol. The molecular formula is C24H32BN3O. The van der Waals surface area contributed by atoms with Gasteiger partial charge in [-0.3, -0.25) is 10.1 Å². The summed E-state index contributed by atoms with van der Waals surface area (Å²) in [5, 5.41) is 3.63. The van der Waals surface area contributed by atoms with Crippen molar-refractivity contribution in [3.63, 3.8) is 0 Å². The van der Waals surface area contributed by atoms with Crippen LogP contribution >= 0.6 is 0 Å². The van der Waals surface area contributed by atoms with Gasteiger partial charge in [0.15, 0.2) is 5.91 Å². The van der Waals surface area contributed by atoms with Gasteiger partial charge < -0.3 is 9.30 Å². The number of hydrogen-bond acceptors (Lipinski definition) is 2. The summed E-state index contributed by atoms with van der Waals surface area (Å²) >= 11 is 0. The predicted octanol–water partition coefficient (Wildman–Crippen LogP) is 4.73. The number of hydrogen-bond donors (Lipinski definition) is 1. The Morgan fingerprint density at radius 3 is 2.59 bits per heavy atom. The molecule has 152 valence electrons. The van der Waals surface area contributed by atoms with Crippen molar-refractivity contribution < 1.29 is 9.28 Å². The fourth-order valence-electron chi connectivity index (χ4n) is 5.45. The average molecular weight is 389 g/mol. The van der Waals surface area contributed by atoms with E-state index in [0.717, 1.165) is 62.2 Å². The highest BCUT2D eigenvalue weighted by molar-refractivity contribution is 6.87. The second kappa shape index (κ2) is 8.44. The van der Waals surface area contributed by atoms with E-state index < -0.39 is 6.42 Å². The average Bonchev–Trinajstić information content (AvgIpc) is 2.97. The number of amidine groups is 1. The van der Waals surface area contributed by atoms with Crippen LogP contribution in [0, 0.1) is 0 Å². The second-order valence-electron chi connectivity index (χ2n) is 8.49. The first-order valence-electron chi connectivity index (χ1n) is 11.2. The van der Waals surface area contributed by atoms with Gasteiger partial charge in [0, 0.05) is 13.3 Å². The molecule has 1 fully saturated rings. The van der Waals surface area contributed by atoms with Crippen molar-refractivity contribution in [3.8, 4) is 0 Å². The third kappa shape index (κ3) is 3.47.